The first-order valence-corrected chi connectivity index (χ1v) is 7.30. The molecule has 1 N–H and O–H groups in total. The van der Waals surface area contributed by atoms with Crippen LogP contribution in [-0.4, -0.2) is 32.6 Å². The van der Waals surface area contributed by atoms with E-state index in [1.54, 1.807) is 0 Å². The van der Waals surface area contributed by atoms with Gasteiger partial charge in [-0.25, -0.2) is 0 Å². The van der Waals surface area contributed by atoms with Gasteiger partial charge in [0.2, 0.25) is 5.91 Å². The van der Waals surface area contributed by atoms with Crippen molar-refractivity contribution in [3.8, 4) is 0 Å². The highest BCUT2D eigenvalue weighted by Gasteiger charge is 2.29. The van der Waals surface area contributed by atoms with Crippen LogP contribution in [0, 0.1) is 0 Å². The van der Waals surface area contributed by atoms with Crippen LogP contribution in [-0.2, 0) is 17.9 Å². The lowest BCUT2D eigenvalue weighted by Crippen LogP contribution is -2.25. The summed E-state index contributed by atoms with van der Waals surface area (Å²) >= 11 is 0.915. The van der Waals surface area contributed by atoms with Crippen molar-refractivity contribution >= 4 is 17.7 Å². The third-order valence-electron chi connectivity index (χ3n) is 2.59. The van der Waals surface area contributed by atoms with E-state index in [-0.39, 0.29) is 16.8 Å². The number of carbonyl (C=O) groups is 1. The Hall–Kier alpha value is -2.03. The fourth-order valence-electron chi connectivity index (χ4n) is 1.64. The Balaban J connectivity index is 1.80. The number of rotatable bonds is 6. The van der Waals surface area contributed by atoms with Crippen molar-refractivity contribution in [1.82, 2.24) is 20.1 Å². The number of nitrogens with one attached hydrogen (secondary N) is 1. The van der Waals surface area contributed by atoms with Gasteiger partial charge in [-0.1, -0.05) is 42.1 Å². The standard InChI is InChI=1S/C13H13F3N4OS/c14-13(15,16)8-20-9-18-19-12(20)22-7-11(21)17-6-10-4-2-1-3-5-10/h1-5,9H,6-8H2,(H,17,21). The molecular weight excluding hydrogens is 317 g/mol. The smallest absolute Gasteiger partial charge is 0.351 e. The average Bonchev–Trinajstić information content (AvgIpc) is 2.89. The SMILES string of the molecule is O=C(CSc1nncn1CC(F)(F)F)NCc1ccccc1. The van der Waals surface area contributed by atoms with Gasteiger partial charge in [0.15, 0.2) is 5.16 Å². The molecule has 0 radical (unpaired) electrons. The van der Waals surface area contributed by atoms with Crippen LogP contribution in [0.1, 0.15) is 5.56 Å². The zero-order chi connectivity index (χ0) is 16.0. The van der Waals surface area contributed by atoms with Gasteiger partial charge in [-0.05, 0) is 5.56 Å². The normalized spacial score (nSPS) is 11.4. The van der Waals surface area contributed by atoms with Crippen LogP contribution >= 0.6 is 11.8 Å². The molecule has 22 heavy (non-hydrogen) atoms. The van der Waals surface area contributed by atoms with Gasteiger partial charge in [-0.15, -0.1) is 10.2 Å². The molecule has 0 fully saturated rings. The van der Waals surface area contributed by atoms with Crippen LogP contribution in [0.4, 0.5) is 13.2 Å². The van der Waals surface area contributed by atoms with Crippen LogP contribution < -0.4 is 5.32 Å². The maximum Gasteiger partial charge on any atom is 0.406 e. The maximum atomic E-state index is 12.3. The van der Waals surface area contributed by atoms with Crippen LogP contribution in [0.5, 0.6) is 0 Å². The Kier molecular flexibility index (Phi) is 5.42. The maximum absolute atomic E-state index is 12.3. The highest BCUT2D eigenvalue weighted by atomic mass is 32.2. The van der Waals surface area contributed by atoms with E-state index in [0.29, 0.717) is 6.54 Å². The monoisotopic (exact) mass is 330 g/mol. The molecule has 0 unspecified atom stereocenters. The topological polar surface area (TPSA) is 59.8 Å². The molecule has 1 aromatic heterocycles. The zero-order valence-corrected chi connectivity index (χ0v) is 12.2. The molecule has 0 saturated carbocycles. The van der Waals surface area contributed by atoms with Gasteiger partial charge in [0, 0.05) is 6.54 Å². The van der Waals surface area contributed by atoms with Crippen LogP contribution in [0.25, 0.3) is 0 Å². The number of halogens is 3. The van der Waals surface area contributed by atoms with E-state index in [1.165, 1.54) is 0 Å². The van der Waals surface area contributed by atoms with E-state index in [0.717, 1.165) is 28.2 Å². The lowest BCUT2D eigenvalue weighted by atomic mass is 10.2. The quantitative estimate of drug-likeness (QED) is 0.826. The van der Waals surface area contributed by atoms with Crippen molar-refractivity contribution in [3.63, 3.8) is 0 Å². The Morgan fingerprint density at radius 1 is 1.27 bits per heavy atom. The van der Waals surface area contributed by atoms with E-state index in [2.05, 4.69) is 15.5 Å². The number of nitrogens with zero attached hydrogens (tertiary/aromatic N) is 3. The number of aromatic nitrogens is 3. The fraction of sp³-hybridized carbons (Fsp3) is 0.308. The van der Waals surface area contributed by atoms with Gasteiger partial charge in [-0.3, -0.25) is 9.36 Å². The molecule has 0 aliphatic carbocycles. The highest BCUT2D eigenvalue weighted by Crippen LogP contribution is 2.21. The zero-order valence-electron chi connectivity index (χ0n) is 11.4. The number of alkyl halides is 3. The Bertz CT molecular complexity index is 615. The molecule has 0 saturated heterocycles. The number of benzene rings is 1. The second-order valence-corrected chi connectivity index (χ2v) is 5.35. The lowest BCUT2D eigenvalue weighted by Gasteiger charge is -2.09. The molecular formula is C13H13F3N4OS. The summed E-state index contributed by atoms with van der Waals surface area (Å²) < 4.78 is 37.9. The lowest BCUT2D eigenvalue weighted by molar-refractivity contribution is -0.142. The largest absolute Gasteiger partial charge is 0.406 e. The Labute approximate surface area is 128 Å². The second-order valence-electron chi connectivity index (χ2n) is 4.41. The minimum Gasteiger partial charge on any atom is -0.351 e. The minimum atomic E-state index is -4.35. The van der Waals surface area contributed by atoms with Gasteiger partial charge in [0.1, 0.15) is 12.9 Å². The van der Waals surface area contributed by atoms with E-state index in [1.807, 2.05) is 30.3 Å². The Morgan fingerprint density at radius 3 is 2.68 bits per heavy atom. The summed E-state index contributed by atoms with van der Waals surface area (Å²) in [5.74, 6) is -0.306. The van der Waals surface area contributed by atoms with E-state index < -0.39 is 12.7 Å². The minimum absolute atomic E-state index is 0.0244. The molecule has 0 spiro atoms. The molecule has 9 heteroatoms. The molecule has 1 aromatic carbocycles. The molecule has 0 aliphatic rings. The van der Waals surface area contributed by atoms with Gasteiger partial charge < -0.3 is 5.32 Å². The predicted octanol–water partition coefficient (Wildman–Crippen LogP) is 2.25. The van der Waals surface area contributed by atoms with Gasteiger partial charge >= 0.3 is 6.18 Å². The molecule has 2 rings (SSSR count). The van der Waals surface area contributed by atoms with Crippen molar-refractivity contribution in [2.45, 2.75) is 24.4 Å². The van der Waals surface area contributed by atoms with Crippen LogP contribution in [0.2, 0.25) is 0 Å². The fourth-order valence-corrected chi connectivity index (χ4v) is 2.38. The van der Waals surface area contributed by atoms with E-state index in [9.17, 15) is 18.0 Å². The number of hydrogen-bond acceptors (Lipinski definition) is 4. The molecule has 1 heterocycles. The summed E-state index contributed by atoms with van der Waals surface area (Å²) in [4.78, 5) is 11.7. The Morgan fingerprint density at radius 2 is 2.00 bits per heavy atom. The predicted molar refractivity (Wildman–Crippen MR) is 75.1 cm³/mol. The molecule has 1 amide bonds. The van der Waals surface area contributed by atoms with Gasteiger partial charge in [0.25, 0.3) is 0 Å². The van der Waals surface area contributed by atoms with E-state index in [4.69, 9.17) is 0 Å². The van der Waals surface area contributed by atoms with Crippen molar-refractivity contribution in [3.05, 3.63) is 42.2 Å². The van der Waals surface area contributed by atoms with Crippen molar-refractivity contribution in [1.29, 1.82) is 0 Å². The number of carbonyl (C=O) groups excluding carboxylic acids is 1. The summed E-state index contributed by atoms with van der Waals surface area (Å²) in [6.45, 7) is -0.802. The first-order chi connectivity index (χ1) is 10.4. The number of amides is 1. The van der Waals surface area contributed by atoms with E-state index >= 15 is 0 Å². The van der Waals surface area contributed by atoms with Gasteiger partial charge in [0.05, 0.1) is 5.75 Å². The average molecular weight is 330 g/mol. The first-order valence-electron chi connectivity index (χ1n) is 6.32. The molecule has 0 bridgehead atoms. The summed E-state index contributed by atoms with van der Waals surface area (Å²) in [6, 6.07) is 9.32. The second kappa shape index (κ2) is 7.30. The molecule has 2 aromatic rings. The molecule has 0 atom stereocenters. The van der Waals surface area contributed by atoms with Crippen LogP contribution in [0.3, 0.4) is 0 Å². The summed E-state index contributed by atoms with van der Waals surface area (Å²) in [5.41, 5.74) is 0.945. The third-order valence-corrected chi connectivity index (χ3v) is 3.58. The van der Waals surface area contributed by atoms with Crippen molar-refractivity contribution < 1.29 is 18.0 Å². The molecule has 5 nitrogen and oxygen atoms in total. The summed E-state index contributed by atoms with van der Waals surface area (Å²) in [5, 5.41) is 9.78. The summed E-state index contributed by atoms with van der Waals surface area (Å²) in [6.07, 6.45) is -3.36. The third kappa shape index (κ3) is 5.40. The highest BCUT2D eigenvalue weighted by molar-refractivity contribution is 7.99. The number of hydrogen-bond donors (Lipinski definition) is 1. The molecule has 0 aliphatic heterocycles. The van der Waals surface area contributed by atoms with Crippen molar-refractivity contribution in [2.75, 3.05) is 5.75 Å². The summed E-state index contributed by atoms with van der Waals surface area (Å²) in [7, 11) is 0. The van der Waals surface area contributed by atoms with Crippen LogP contribution in [0.15, 0.2) is 41.8 Å². The molecule has 118 valence electrons. The number of thioether (sulfide) groups is 1. The van der Waals surface area contributed by atoms with Crippen molar-refractivity contribution in [2.24, 2.45) is 0 Å². The van der Waals surface area contributed by atoms with Gasteiger partial charge in [-0.2, -0.15) is 13.2 Å². The first kappa shape index (κ1) is 16.3.